The lowest BCUT2D eigenvalue weighted by molar-refractivity contribution is 0.0580. The summed E-state index contributed by atoms with van der Waals surface area (Å²) in [6.45, 7) is 1.53. The number of hydrogen-bond acceptors (Lipinski definition) is 0. The average Bonchev–Trinajstić information content (AvgIpc) is 1.93. The first-order valence-electron chi connectivity index (χ1n) is 3.37. The van der Waals surface area contributed by atoms with Gasteiger partial charge in [0.15, 0.2) is 6.17 Å². The Morgan fingerprint density at radius 3 is 2.40 bits per heavy atom. The molecule has 3 atom stereocenters. The quantitative estimate of drug-likeness (QED) is 0.498. The molecule has 1 saturated carbocycles. The predicted octanol–water partition coefficient (Wildman–Crippen LogP) is 2.39. The number of halogens is 3. The van der Waals surface area contributed by atoms with Gasteiger partial charge in [0.2, 0.25) is 0 Å². The summed E-state index contributed by atoms with van der Waals surface area (Å²) in [5, 5.41) is 0. The first-order valence-corrected chi connectivity index (χ1v) is 3.37. The summed E-state index contributed by atoms with van der Waals surface area (Å²) < 4.78 is 37.4. The Kier molecular flexibility index (Phi) is 2.21. The Morgan fingerprint density at radius 2 is 1.90 bits per heavy atom. The Labute approximate surface area is 58.4 Å². The summed E-state index contributed by atoms with van der Waals surface area (Å²) in [4.78, 5) is 0. The molecule has 0 aromatic heterocycles. The Hall–Kier alpha value is -0.210. The lowest BCUT2D eigenvalue weighted by Gasteiger charge is -2.27. The largest absolute Gasteiger partial charge is 0.244 e. The zero-order valence-electron chi connectivity index (χ0n) is 5.78. The van der Waals surface area contributed by atoms with Crippen molar-refractivity contribution in [1.29, 1.82) is 0 Å². The molecule has 1 aliphatic carbocycles. The van der Waals surface area contributed by atoms with Crippen LogP contribution in [-0.4, -0.2) is 18.5 Å². The second-order valence-electron chi connectivity index (χ2n) is 2.75. The molecule has 3 unspecified atom stereocenters. The van der Waals surface area contributed by atoms with Crippen molar-refractivity contribution in [3.63, 3.8) is 0 Å². The van der Waals surface area contributed by atoms with Gasteiger partial charge in [0.1, 0.15) is 12.3 Å². The van der Waals surface area contributed by atoms with Gasteiger partial charge in [-0.15, -0.1) is 0 Å². The van der Waals surface area contributed by atoms with Crippen LogP contribution in [0.25, 0.3) is 0 Å². The molecule has 0 saturated heterocycles. The minimum Gasteiger partial charge on any atom is -0.244 e. The molecule has 0 N–H and O–H groups in total. The van der Waals surface area contributed by atoms with Crippen LogP contribution in [0, 0.1) is 5.92 Å². The van der Waals surface area contributed by atoms with Crippen LogP contribution in [0.4, 0.5) is 13.2 Å². The molecule has 0 heterocycles. The monoisotopic (exact) mass is 151 g/mol. The summed E-state index contributed by atoms with van der Waals surface area (Å²) in [5.74, 6) is 0.432. The summed E-state index contributed by atoms with van der Waals surface area (Å²) in [6, 6.07) is 0. The maximum atomic E-state index is 12.6. The van der Waals surface area contributed by atoms with Gasteiger partial charge in [0, 0.05) is 5.92 Å². The van der Waals surface area contributed by atoms with E-state index < -0.39 is 18.5 Å². The number of rotatable bonds is 0. The first-order chi connectivity index (χ1) is 4.63. The SMILES string of the molecule is C[C]1CCC(F)C(F)C1F. The molecule has 0 spiro atoms. The van der Waals surface area contributed by atoms with Crippen molar-refractivity contribution in [3.8, 4) is 0 Å². The third-order valence-corrected chi connectivity index (χ3v) is 1.91. The average molecular weight is 151 g/mol. The molecule has 0 aliphatic heterocycles. The predicted molar refractivity (Wildman–Crippen MR) is 32.8 cm³/mol. The zero-order valence-corrected chi connectivity index (χ0v) is 5.78. The van der Waals surface area contributed by atoms with E-state index in [1.807, 2.05) is 0 Å². The fourth-order valence-electron chi connectivity index (χ4n) is 1.12. The van der Waals surface area contributed by atoms with E-state index >= 15 is 0 Å². The van der Waals surface area contributed by atoms with Crippen LogP contribution < -0.4 is 0 Å². The van der Waals surface area contributed by atoms with E-state index in [4.69, 9.17) is 0 Å². The van der Waals surface area contributed by atoms with Gasteiger partial charge in [0.25, 0.3) is 0 Å². The van der Waals surface area contributed by atoms with E-state index in [1.165, 1.54) is 6.92 Å². The van der Waals surface area contributed by atoms with Gasteiger partial charge in [-0.05, 0) is 12.8 Å². The molecule has 0 bridgehead atoms. The molecule has 0 nitrogen and oxygen atoms in total. The Balaban J connectivity index is 2.52. The zero-order chi connectivity index (χ0) is 7.72. The third-order valence-electron chi connectivity index (χ3n) is 1.91. The molecular weight excluding hydrogens is 141 g/mol. The van der Waals surface area contributed by atoms with E-state index in [-0.39, 0.29) is 6.42 Å². The molecule has 0 aromatic rings. The molecule has 10 heavy (non-hydrogen) atoms. The van der Waals surface area contributed by atoms with Crippen molar-refractivity contribution in [3.05, 3.63) is 5.92 Å². The smallest absolute Gasteiger partial charge is 0.163 e. The highest BCUT2D eigenvalue weighted by Gasteiger charge is 2.38. The lowest BCUT2D eigenvalue weighted by atomic mass is 9.86. The topological polar surface area (TPSA) is 0 Å². The molecule has 0 aromatic carbocycles. The molecule has 1 fully saturated rings. The molecule has 59 valence electrons. The van der Waals surface area contributed by atoms with Crippen molar-refractivity contribution < 1.29 is 13.2 Å². The summed E-state index contributed by atoms with van der Waals surface area (Å²) >= 11 is 0. The van der Waals surface area contributed by atoms with Crippen LogP contribution in [0.3, 0.4) is 0 Å². The molecule has 1 rings (SSSR count). The van der Waals surface area contributed by atoms with Crippen molar-refractivity contribution >= 4 is 0 Å². The number of alkyl halides is 3. The van der Waals surface area contributed by atoms with Gasteiger partial charge in [0.05, 0.1) is 0 Å². The van der Waals surface area contributed by atoms with Crippen LogP contribution in [0.15, 0.2) is 0 Å². The van der Waals surface area contributed by atoms with E-state index in [9.17, 15) is 13.2 Å². The minimum atomic E-state index is -1.92. The van der Waals surface area contributed by atoms with Crippen LogP contribution in [0.2, 0.25) is 0 Å². The highest BCUT2D eigenvalue weighted by molar-refractivity contribution is 5.03. The van der Waals surface area contributed by atoms with Gasteiger partial charge >= 0.3 is 0 Å². The van der Waals surface area contributed by atoms with Crippen LogP contribution in [0.1, 0.15) is 19.8 Å². The maximum Gasteiger partial charge on any atom is 0.163 e. The van der Waals surface area contributed by atoms with E-state index in [0.717, 1.165) is 0 Å². The Bertz CT molecular complexity index is 101. The molecule has 1 radical (unpaired) electrons. The van der Waals surface area contributed by atoms with Gasteiger partial charge in [-0.25, -0.2) is 13.2 Å². The minimum absolute atomic E-state index is 0.132. The van der Waals surface area contributed by atoms with Gasteiger partial charge < -0.3 is 0 Å². The summed E-state index contributed by atoms with van der Waals surface area (Å²) in [5.41, 5.74) is 0. The highest BCUT2D eigenvalue weighted by atomic mass is 19.2. The highest BCUT2D eigenvalue weighted by Crippen LogP contribution is 2.32. The molecule has 0 amide bonds. The standard InChI is InChI=1S/C7H10F3/c1-4-2-3-5(8)7(10)6(4)9/h5-7H,2-3H2,1H3. The van der Waals surface area contributed by atoms with Crippen LogP contribution in [0.5, 0.6) is 0 Å². The van der Waals surface area contributed by atoms with Gasteiger partial charge in [-0.2, -0.15) is 0 Å². The Morgan fingerprint density at radius 1 is 1.30 bits per heavy atom. The van der Waals surface area contributed by atoms with Crippen LogP contribution in [-0.2, 0) is 0 Å². The fourth-order valence-corrected chi connectivity index (χ4v) is 1.12. The third kappa shape index (κ3) is 1.27. The second kappa shape index (κ2) is 2.81. The van der Waals surface area contributed by atoms with Crippen molar-refractivity contribution in [2.75, 3.05) is 0 Å². The molecule has 1 aliphatic rings. The lowest BCUT2D eigenvalue weighted by Crippen LogP contribution is -2.36. The van der Waals surface area contributed by atoms with Gasteiger partial charge in [-0.3, -0.25) is 0 Å². The normalized spacial score (nSPS) is 43.8. The van der Waals surface area contributed by atoms with Crippen molar-refractivity contribution in [1.82, 2.24) is 0 Å². The summed E-state index contributed by atoms with van der Waals surface area (Å²) in [7, 11) is 0. The maximum absolute atomic E-state index is 12.6. The van der Waals surface area contributed by atoms with Gasteiger partial charge in [-0.1, -0.05) is 6.92 Å². The fraction of sp³-hybridized carbons (Fsp3) is 0.857. The molecular formula is C7H10F3. The number of hydrogen-bond donors (Lipinski definition) is 0. The van der Waals surface area contributed by atoms with Crippen molar-refractivity contribution in [2.24, 2.45) is 0 Å². The molecule has 3 heteroatoms. The van der Waals surface area contributed by atoms with E-state index in [2.05, 4.69) is 0 Å². The van der Waals surface area contributed by atoms with Crippen LogP contribution >= 0.6 is 0 Å². The second-order valence-corrected chi connectivity index (χ2v) is 2.75. The van der Waals surface area contributed by atoms with E-state index in [0.29, 0.717) is 12.3 Å². The summed E-state index contributed by atoms with van der Waals surface area (Å²) in [6.07, 6.45) is -4.69. The first kappa shape index (κ1) is 7.89. The van der Waals surface area contributed by atoms with Crippen molar-refractivity contribution in [2.45, 2.75) is 38.3 Å². The van der Waals surface area contributed by atoms with E-state index in [1.54, 1.807) is 0 Å².